The molecule has 0 saturated heterocycles. The number of aromatic nitrogens is 2. The molecule has 1 aliphatic rings. The molecule has 1 unspecified atom stereocenters. The average Bonchev–Trinajstić information content (AvgIpc) is 3.13. The van der Waals surface area contributed by atoms with Gasteiger partial charge in [0.2, 0.25) is 5.91 Å². The van der Waals surface area contributed by atoms with Gasteiger partial charge >= 0.3 is 0 Å². The van der Waals surface area contributed by atoms with Gasteiger partial charge in [-0.1, -0.05) is 30.3 Å². The van der Waals surface area contributed by atoms with Gasteiger partial charge in [0.1, 0.15) is 5.82 Å². The summed E-state index contributed by atoms with van der Waals surface area (Å²) in [5.41, 5.74) is 10.2. The van der Waals surface area contributed by atoms with Crippen molar-refractivity contribution < 1.29 is 4.79 Å². The largest absolute Gasteiger partial charge is 0.328 e. The van der Waals surface area contributed by atoms with E-state index in [0.717, 1.165) is 35.6 Å². The molecule has 5 nitrogen and oxygen atoms in total. The van der Waals surface area contributed by atoms with Crippen LogP contribution in [0.4, 0.5) is 5.69 Å². The number of nitrogens with one attached hydrogen (secondary N) is 1. The van der Waals surface area contributed by atoms with Crippen LogP contribution in [0.25, 0.3) is 11.4 Å². The first kappa shape index (κ1) is 22.9. The highest BCUT2D eigenvalue weighted by Gasteiger charge is 2.15. The van der Waals surface area contributed by atoms with Gasteiger partial charge in [-0.15, -0.1) is 24.8 Å². The molecular weight excluding hydrogens is 407 g/mol. The molecule has 1 amide bonds. The number of nitrogens with zero attached hydrogens (tertiary/aromatic N) is 2. The van der Waals surface area contributed by atoms with Gasteiger partial charge in [-0.3, -0.25) is 4.79 Å². The number of imidazole rings is 1. The molecule has 1 aliphatic heterocycles. The third-order valence-electron chi connectivity index (χ3n) is 5.06. The van der Waals surface area contributed by atoms with E-state index in [1.165, 1.54) is 18.5 Å². The number of fused-ring (bicyclic) bond motifs is 1. The molecule has 0 radical (unpaired) electrons. The van der Waals surface area contributed by atoms with Crippen molar-refractivity contribution in [3.05, 3.63) is 72.1 Å². The van der Waals surface area contributed by atoms with Crippen LogP contribution in [0, 0.1) is 0 Å². The number of rotatable bonds is 5. The zero-order valence-electron chi connectivity index (χ0n) is 16.1. The fourth-order valence-electron chi connectivity index (χ4n) is 3.60. The van der Waals surface area contributed by atoms with Crippen molar-refractivity contribution in [1.29, 1.82) is 0 Å². The third-order valence-corrected chi connectivity index (χ3v) is 5.06. The first-order valence-electron chi connectivity index (χ1n) is 9.46. The van der Waals surface area contributed by atoms with Crippen LogP contribution in [0.5, 0.6) is 0 Å². The number of hydrogen-bond donors (Lipinski definition) is 2. The number of nitrogens with two attached hydrogens (primary N) is 1. The number of hydrogen-bond acceptors (Lipinski definition) is 3. The molecule has 0 aliphatic carbocycles. The monoisotopic (exact) mass is 432 g/mol. The standard InChI is InChI=1S/C22H24N4O.2ClH/c23-20(16-6-2-1-3-7-16)14-21(27)25-18-11-9-17(10-12-18)22-24-15-19-8-4-5-13-26(19)22;;/h1-3,6-7,9-12,15,20H,4-5,8,13-14,23H2,(H,25,27);2*1H. The van der Waals surface area contributed by atoms with Gasteiger partial charge in [0.15, 0.2) is 0 Å². The molecule has 3 aromatic rings. The van der Waals surface area contributed by atoms with Crippen LogP contribution in [0.1, 0.15) is 36.6 Å². The molecule has 4 rings (SSSR count). The number of anilines is 1. The zero-order chi connectivity index (χ0) is 18.6. The molecule has 1 aromatic heterocycles. The van der Waals surface area contributed by atoms with Crippen molar-refractivity contribution in [3.8, 4) is 11.4 Å². The second kappa shape index (κ2) is 10.4. The topological polar surface area (TPSA) is 72.9 Å². The Morgan fingerprint density at radius 3 is 2.52 bits per heavy atom. The lowest BCUT2D eigenvalue weighted by molar-refractivity contribution is -0.116. The minimum Gasteiger partial charge on any atom is -0.328 e. The van der Waals surface area contributed by atoms with Crippen molar-refractivity contribution in [2.24, 2.45) is 5.73 Å². The fourth-order valence-corrected chi connectivity index (χ4v) is 3.60. The van der Waals surface area contributed by atoms with Gasteiger partial charge < -0.3 is 15.6 Å². The Hall–Kier alpha value is -2.34. The van der Waals surface area contributed by atoms with Crippen molar-refractivity contribution in [2.75, 3.05) is 5.32 Å². The maximum Gasteiger partial charge on any atom is 0.226 e. The highest BCUT2D eigenvalue weighted by atomic mass is 35.5. The smallest absolute Gasteiger partial charge is 0.226 e. The van der Waals surface area contributed by atoms with Crippen molar-refractivity contribution in [2.45, 2.75) is 38.3 Å². The first-order chi connectivity index (χ1) is 13.2. The second-order valence-corrected chi connectivity index (χ2v) is 7.03. The minimum atomic E-state index is -0.304. The maximum absolute atomic E-state index is 12.3. The normalized spacial score (nSPS) is 13.4. The Morgan fingerprint density at radius 2 is 1.79 bits per heavy atom. The summed E-state index contributed by atoms with van der Waals surface area (Å²) < 4.78 is 2.30. The lowest BCUT2D eigenvalue weighted by atomic mass is 10.0. The van der Waals surface area contributed by atoms with Crippen molar-refractivity contribution >= 4 is 36.4 Å². The number of carbonyl (C=O) groups is 1. The number of halogens is 2. The van der Waals surface area contributed by atoms with Gasteiger partial charge in [0.05, 0.1) is 0 Å². The van der Waals surface area contributed by atoms with Crippen LogP contribution in [0.3, 0.4) is 0 Å². The molecule has 0 saturated carbocycles. The predicted molar refractivity (Wildman–Crippen MR) is 122 cm³/mol. The Labute approximate surface area is 183 Å². The summed E-state index contributed by atoms with van der Waals surface area (Å²) in [5.74, 6) is 0.922. The van der Waals surface area contributed by atoms with Crippen LogP contribution < -0.4 is 11.1 Å². The summed E-state index contributed by atoms with van der Waals surface area (Å²) in [4.78, 5) is 16.9. The van der Waals surface area contributed by atoms with Crippen molar-refractivity contribution in [1.82, 2.24) is 9.55 Å². The van der Waals surface area contributed by atoms with Crippen LogP contribution in [0.2, 0.25) is 0 Å². The van der Waals surface area contributed by atoms with E-state index in [-0.39, 0.29) is 43.2 Å². The molecule has 1 atom stereocenters. The first-order valence-corrected chi connectivity index (χ1v) is 9.46. The number of carbonyl (C=O) groups excluding carboxylic acids is 1. The maximum atomic E-state index is 12.3. The Morgan fingerprint density at radius 1 is 1.07 bits per heavy atom. The third kappa shape index (κ3) is 5.38. The predicted octanol–water partition coefficient (Wildman–Crippen LogP) is 4.76. The zero-order valence-corrected chi connectivity index (χ0v) is 17.7. The SMILES string of the molecule is Cl.Cl.NC(CC(=O)Nc1ccc(-c2ncc3n2CCCC3)cc1)c1ccccc1. The molecule has 0 fully saturated rings. The molecule has 2 aromatic carbocycles. The lowest BCUT2D eigenvalue weighted by Crippen LogP contribution is -2.20. The summed E-state index contributed by atoms with van der Waals surface area (Å²) in [5, 5.41) is 2.93. The van der Waals surface area contributed by atoms with E-state index in [0.29, 0.717) is 0 Å². The summed E-state index contributed by atoms with van der Waals surface area (Å²) in [6.45, 7) is 1.03. The van der Waals surface area contributed by atoms with E-state index in [1.54, 1.807) is 0 Å². The van der Waals surface area contributed by atoms with Gasteiger partial charge in [0.25, 0.3) is 0 Å². The summed E-state index contributed by atoms with van der Waals surface area (Å²) in [6.07, 6.45) is 5.77. The van der Waals surface area contributed by atoms with E-state index in [2.05, 4.69) is 14.9 Å². The average molecular weight is 433 g/mol. The number of benzene rings is 2. The van der Waals surface area contributed by atoms with Crippen molar-refractivity contribution in [3.63, 3.8) is 0 Å². The van der Waals surface area contributed by atoms with E-state index >= 15 is 0 Å². The van der Waals surface area contributed by atoms with E-state index in [4.69, 9.17) is 5.73 Å². The Bertz CT molecular complexity index is 926. The summed E-state index contributed by atoms with van der Waals surface area (Å²) >= 11 is 0. The Kier molecular flexibility index (Phi) is 8.26. The number of aryl methyl sites for hydroxylation is 1. The summed E-state index contributed by atoms with van der Waals surface area (Å²) in [6, 6.07) is 17.2. The van der Waals surface area contributed by atoms with Gasteiger partial charge in [0, 0.05) is 42.1 Å². The Balaban J connectivity index is 0.00000150. The fraction of sp³-hybridized carbons (Fsp3) is 0.273. The lowest BCUT2D eigenvalue weighted by Gasteiger charge is -2.16. The highest BCUT2D eigenvalue weighted by Crippen LogP contribution is 2.25. The van der Waals surface area contributed by atoms with Gasteiger partial charge in [-0.2, -0.15) is 0 Å². The molecule has 29 heavy (non-hydrogen) atoms. The summed E-state index contributed by atoms with van der Waals surface area (Å²) in [7, 11) is 0. The second-order valence-electron chi connectivity index (χ2n) is 7.03. The van der Waals surface area contributed by atoms with E-state index < -0.39 is 0 Å². The van der Waals surface area contributed by atoms with Gasteiger partial charge in [-0.05, 0) is 49.1 Å². The number of amides is 1. The van der Waals surface area contributed by atoms with Crippen LogP contribution in [0.15, 0.2) is 60.8 Å². The van der Waals surface area contributed by atoms with E-state index in [9.17, 15) is 4.79 Å². The minimum absolute atomic E-state index is 0. The van der Waals surface area contributed by atoms with E-state index in [1.807, 2.05) is 60.8 Å². The molecule has 2 heterocycles. The quantitative estimate of drug-likeness (QED) is 0.610. The molecule has 154 valence electrons. The highest BCUT2D eigenvalue weighted by molar-refractivity contribution is 5.91. The molecule has 0 spiro atoms. The van der Waals surface area contributed by atoms with Crippen LogP contribution >= 0.6 is 24.8 Å². The molecular formula is C22H26Cl2N4O. The molecule has 3 N–H and O–H groups in total. The molecule has 7 heteroatoms. The molecule has 0 bridgehead atoms. The van der Waals surface area contributed by atoms with Gasteiger partial charge in [-0.25, -0.2) is 4.98 Å². The van der Waals surface area contributed by atoms with Crippen LogP contribution in [-0.2, 0) is 17.8 Å². The van der Waals surface area contributed by atoms with Crippen LogP contribution in [-0.4, -0.2) is 15.5 Å².